The zero-order chi connectivity index (χ0) is 27.4. The van der Waals surface area contributed by atoms with Crippen LogP contribution < -0.4 is 10.2 Å². The van der Waals surface area contributed by atoms with Crippen LogP contribution in [-0.2, 0) is 22.4 Å². The first-order valence-electron chi connectivity index (χ1n) is 11.9. The van der Waals surface area contributed by atoms with Gasteiger partial charge in [0.15, 0.2) is 5.13 Å². The number of amides is 2. The van der Waals surface area contributed by atoms with E-state index in [1.165, 1.54) is 28.0 Å². The number of thioether (sulfide) groups is 1. The maximum absolute atomic E-state index is 13.6. The number of hydrogen-bond acceptors (Lipinski definition) is 6. The molecule has 0 saturated carbocycles. The van der Waals surface area contributed by atoms with Gasteiger partial charge in [0.25, 0.3) is 5.91 Å². The van der Waals surface area contributed by atoms with E-state index in [2.05, 4.69) is 26.2 Å². The summed E-state index contributed by atoms with van der Waals surface area (Å²) in [5.41, 5.74) is 2.47. The summed E-state index contributed by atoms with van der Waals surface area (Å²) in [5.74, 6) is -0.788. The van der Waals surface area contributed by atoms with E-state index in [1.54, 1.807) is 18.3 Å². The lowest BCUT2D eigenvalue weighted by molar-refractivity contribution is -0.117. The van der Waals surface area contributed by atoms with Gasteiger partial charge in [0.2, 0.25) is 5.91 Å². The molecule has 10 heteroatoms. The van der Waals surface area contributed by atoms with Crippen LogP contribution in [0, 0.1) is 11.3 Å². The van der Waals surface area contributed by atoms with E-state index in [1.807, 2.05) is 72.8 Å². The molecule has 2 amide bonds. The predicted octanol–water partition coefficient (Wildman–Crippen LogP) is 7.21. The summed E-state index contributed by atoms with van der Waals surface area (Å²) in [6.45, 7) is 0. The highest BCUT2D eigenvalue weighted by Crippen LogP contribution is 2.42. The van der Waals surface area contributed by atoms with Gasteiger partial charge in [-0.2, -0.15) is 5.26 Å². The van der Waals surface area contributed by atoms with Crippen molar-refractivity contribution in [3.05, 3.63) is 121 Å². The van der Waals surface area contributed by atoms with Crippen molar-refractivity contribution in [3.8, 4) is 6.07 Å². The molecule has 3 aromatic carbocycles. The van der Waals surface area contributed by atoms with Crippen LogP contribution in [0.5, 0.6) is 0 Å². The highest BCUT2D eigenvalue weighted by molar-refractivity contribution is 9.10. The zero-order valence-corrected chi connectivity index (χ0v) is 24.3. The van der Waals surface area contributed by atoms with Crippen LogP contribution in [0.3, 0.4) is 0 Å². The number of hydrogen-bond donors (Lipinski definition) is 1. The van der Waals surface area contributed by atoms with Gasteiger partial charge in [-0.25, -0.2) is 4.98 Å². The number of carbonyl (C=O) groups excluding carboxylic acids is 2. The summed E-state index contributed by atoms with van der Waals surface area (Å²) in [6, 6.07) is 26.4. The molecule has 0 aliphatic carbocycles. The molecule has 1 saturated heterocycles. The van der Waals surface area contributed by atoms with E-state index in [-0.39, 0.29) is 11.5 Å². The van der Waals surface area contributed by atoms with Crippen molar-refractivity contribution < 1.29 is 9.59 Å². The molecule has 194 valence electrons. The highest BCUT2D eigenvalue weighted by atomic mass is 79.9. The minimum absolute atomic E-state index is 0.137. The first kappa shape index (κ1) is 27.2. The van der Waals surface area contributed by atoms with Gasteiger partial charge in [-0.15, -0.1) is 11.3 Å². The van der Waals surface area contributed by atoms with Crippen LogP contribution in [0.2, 0.25) is 5.02 Å². The minimum Gasteiger partial charge on any atom is -0.297 e. The quantitative estimate of drug-likeness (QED) is 0.171. The molecule has 1 aliphatic heterocycles. The number of nitrogens with zero attached hydrogens (tertiary/aromatic N) is 3. The summed E-state index contributed by atoms with van der Waals surface area (Å²) in [5, 5.41) is 13.7. The molecule has 5 rings (SSSR count). The van der Waals surface area contributed by atoms with Crippen LogP contribution in [0.1, 0.15) is 16.0 Å². The number of carbonyl (C=O) groups is 2. The number of nitriles is 1. The lowest BCUT2D eigenvalue weighted by atomic mass is 10.1. The van der Waals surface area contributed by atoms with E-state index in [0.29, 0.717) is 33.7 Å². The van der Waals surface area contributed by atoms with Crippen LogP contribution in [0.15, 0.2) is 100 Å². The lowest BCUT2D eigenvalue weighted by Crippen LogP contribution is -2.30. The van der Waals surface area contributed by atoms with Crippen molar-refractivity contribution in [2.75, 3.05) is 10.2 Å². The van der Waals surface area contributed by atoms with Crippen LogP contribution in [0.25, 0.3) is 0 Å². The Morgan fingerprint density at radius 1 is 1.08 bits per heavy atom. The van der Waals surface area contributed by atoms with Crippen molar-refractivity contribution >= 4 is 73.3 Å². The van der Waals surface area contributed by atoms with Gasteiger partial charge in [-0.1, -0.05) is 81.8 Å². The van der Waals surface area contributed by atoms with Gasteiger partial charge < -0.3 is 0 Å². The monoisotopic (exact) mass is 634 g/mol. The summed E-state index contributed by atoms with van der Waals surface area (Å²) < 4.78 is 0.949. The highest BCUT2D eigenvalue weighted by Gasteiger charge is 2.40. The van der Waals surface area contributed by atoms with Crippen molar-refractivity contribution in [3.63, 3.8) is 0 Å². The van der Waals surface area contributed by atoms with E-state index >= 15 is 0 Å². The van der Waals surface area contributed by atoms with Crippen molar-refractivity contribution in [2.45, 2.75) is 18.1 Å². The number of anilines is 2. The number of aromatic nitrogens is 1. The Bertz CT molecular complexity index is 1600. The fourth-order valence-corrected chi connectivity index (χ4v) is 6.72. The standard InChI is InChI=1S/C29H20BrClN4O2S2/c30-20-11-9-18(10-12-20)15-25-27(37)35(22-7-2-1-3-8-22)28(39-25)24(16-32)26(36)34-29-33-17-23(38-29)14-19-5-4-6-21(31)13-19/h1-13,17,25H,14-15H2,(H,33,34,36)/b28-24-/t25-/m1/s1. The lowest BCUT2D eigenvalue weighted by Gasteiger charge is -2.18. The van der Waals surface area contributed by atoms with E-state index in [4.69, 9.17) is 11.6 Å². The van der Waals surface area contributed by atoms with Gasteiger partial charge in [0.05, 0.1) is 5.25 Å². The number of thiazole rings is 1. The van der Waals surface area contributed by atoms with Gasteiger partial charge in [-0.05, 0) is 53.9 Å². The predicted molar refractivity (Wildman–Crippen MR) is 161 cm³/mol. The number of para-hydroxylation sites is 1. The first-order valence-corrected chi connectivity index (χ1v) is 14.7. The number of nitrogens with one attached hydrogen (secondary N) is 1. The van der Waals surface area contributed by atoms with Crippen LogP contribution in [-0.4, -0.2) is 22.0 Å². The van der Waals surface area contributed by atoms with Crippen molar-refractivity contribution in [2.24, 2.45) is 0 Å². The van der Waals surface area contributed by atoms with E-state index in [0.717, 1.165) is 20.5 Å². The average molecular weight is 636 g/mol. The maximum Gasteiger partial charge on any atom is 0.270 e. The fourth-order valence-electron chi connectivity index (χ4n) is 4.09. The summed E-state index contributed by atoms with van der Waals surface area (Å²) in [6.07, 6.45) is 2.77. The Balaban J connectivity index is 1.41. The van der Waals surface area contributed by atoms with Crippen molar-refractivity contribution in [1.29, 1.82) is 5.26 Å². The van der Waals surface area contributed by atoms with Gasteiger partial charge >= 0.3 is 0 Å². The third-order valence-electron chi connectivity index (χ3n) is 5.90. The molecule has 1 aromatic heterocycles. The largest absolute Gasteiger partial charge is 0.297 e. The molecule has 1 atom stereocenters. The first-order chi connectivity index (χ1) is 18.9. The van der Waals surface area contributed by atoms with E-state index < -0.39 is 11.2 Å². The van der Waals surface area contributed by atoms with Crippen LogP contribution in [0.4, 0.5) is 10.8 Å². The number of rotatable bonds is 7. The molecule has 1 N–H and O–H groups in total. The van der Waals surface area contributed by atoms with Gasteiger partial charge in [0.1, 0.15) is 16.7 Å². The maximum atomic E-state index is 13.6. The SMILES string of the molecule is N#C/C(C(=O)Nc1ncc(Cc2cccc(Cl)c2)s1)=C1/S[C@H](Cc2ccc(Br)cc2)C(=O)N1c1ccccc1. The van der Waals surface area contributed by atoms with Gasteiger partial charge in [-0.3, -0.25) is 19.8 Å². The molecular weight excluding hydrogens is 616 g/mol. The molecule has 2 heterocycles. The Morgan fingerprint density at radius 2 is 1.85 bits per heavy atom. The fraction of sp³-hybridized carbons (Fsp3) is 0.103. The zero-order valence-electron chi connectivity index (χ0n) is 20.3. The summed E-state index contributed by atoms with van der Waals surface area (Å²) in [7, 11) is 0. The van der Waals surface area contributed by atoms with Crippen LogP contribution >= 0.6 is 50.6 Å². The molecule has 6 nitrogen and oxygen atoms in total. The Kier molecular flexibility index (Phi) is 8.48. The number of benzene rings is 3. The average Bonchev–Trinajstić information content (AvgIpc) is 3.49. The number of halogens is 2. The second-order valence-corrected chi connectivity index (χ2v) is 12.3. The van der Waals surface area contributed by atoms with Gasteiger partial charge in [0, 0.05) is 32.7 Å². The third kappa shape index (κ3) is 6.43. The summed E-state index contributed by atoms with van der Waals surface area (Å²) >= 11 is 12.1. The Hall–Kier alpha value is -3.42. The molecule has 0 bridgehead atoms. The normalized spacial score (nSPS) is 16.2. The Labute approximate surface area is 247 Å². The molecule has 1 fully saturated rings. The second kappa shape index (κ2) is 12.2. The molecular formula is C29H20BrClN4O2S2. The Morgan fingerprint density at radius 3 is 2.56 bits per heavy atom. The summed E-state index contributed by atoms with van der Waals surface area (Å²) in [4.78, 5) is 33.6. The molecule has 0 unspecified atom stereocenters. The second-order valence-electron chi connectivity index (χ2n) is 8.63. The molecule has 4 aromatic rings. The molecule has 39 heavy (non-hydrogen) atoms. The third-order valence-corrected chi connectivity index (χ3v) is 8.83. The van der Waals surface area contributed by atoms with Crippen molar-refractivity contribution in [1.82, 2.24) is 4.98 Å². The molecule has 0 radical (unpaired) electrons. The smallest absolute Gasteiger partial charge is 0.270 e. The topological polar surface area (TPSA) is 86.1 Å². The molecule has 0 spiro atoms. The molecule has 1 aliphatic rings. The van der Waals surface area contributed by atoms with E-state index in [9.17, 15) is 14.9 Å². The minimum atomic E-state index is -0.610.